The number of aromatic nitrogens is 1. The standard InChI is InChI=1S/C31H39ClN6O6S/c32-25-4-3-24-19-27(22-44-28(24)20-25)45(41,42)38-16-15-37(29(39)21-38)23-31(34-30(40)43-18-17-35-11-1-2-12-35)7-13-36(14-8-31)26-5-9-33-10-6-26/h3-6,9-10,19-20H,1-2,7-8,11-18,21-23H2,(H,34,40). The Kier molecular flexibility index (Phi) is 9.50. The van der Waals surface area contributed by atoms with Crippen LogP contribution in [0.4, 0.5) is 10.5 Å². The van der Waals surface area contributed by atoms with Crippen molar-refractivity contribution in [2.24, 2.45) is 0 Å². The number of halogens is 1. The molecule has 1 N–H and O–H groups in total. The van der Waals surface area contributed by atoms with Gasteiger partial charge in [0, 0.05) is 67.9 Å². The van der Waals surface area contributed by atoms with Crippen molar-refractivity contribution < 1.29 is 27.5 Å². The molecule has 3 fully saturated rings. The van der Waals surface area contributed by atoms with Gasteiger partial charge in [0.25, 0.3) is 0 Å². The highest BCUT2D eigenvalue weighted by Gasteiger charge is 2.42. The number of hydrogen-bond donors (Lipinski definition) is 1. The molecule has 14 heteroatoms. The largest absolute Gasteiger partial charge is 0.487 e. The quantitative estimate of drug-likeness (QED) is 0.433. The molecule has 2 aromatic rings. The minimum absolute atomic E-state index is 0.0943. The number of anilines is 1. The molecule has 0 aliphatic carbocycles. The average Bonchev–Trinajstić information content (AvgIpc) is 3.56. The number of benzene rings is 1. The van der Waals surface area contributed by atoms with Crippen LogP contribution in [0.15, 0.2) is 47.6 Å². The number of alkyl carbamates (subject to hydrolysis) is 1. The van der Waals surface area contributed by atoms with Crippen LogP contribution >= 0.6 is 11.6 Å². The van der Waals surface area contributed by atoms with Gasteiger partial charge in [-0.2, -0.15) is 4.31 Å². The zero-order valence-electron chi connectivity index (χ0n) is 25.2. The van der Waals surface area contributed by atoms with Gasteiger partial charge in [-0.25, -0.2) is 13.2 Å². The molecule has 5 heterocycles. The Balaban J connectivity index is 1.11. The molecule has 12 nitrogen and oxygen atoms in total. The van der Waals surface area contributed by atoms with Crippen LogP contribution in [-0.4, -0.2) is 117 Å². The Hall–Kier alpha value is -3.39. The number of pyridine rings is 1. The smallest absolute Gasteiger partial charge is 0.407 e. The summed E-state index contributed by atoms with van der Waals surface area (Å²) in [4.78, 5) is 36.9. The summed E-state index contributed by atoms with van der Waals surface area (Å²) in [7, 11) is -3.93. The number of rotatable bonds is 9. The lowest BCUT2D eigenvalue weighted by molar-refractivity contribution is -0.135. The zero-order chi connectivity index (χ0) is 31.4. The number of carbonyl (C=O) groups is 2. The van der Waals surface area contributed by atoms with Gasteiger partial charge in [-0.3, -0.25) is 14.7 Å². The van der Waals surface area contributed by atoms with Gasteiger partial charge in [0.05, 0.1) is 17.0 Å². The lowest BCUT2D eigenvalue weighted by Gasteiger charge is -2.46. The van der Waals surface area contributed by atoms with E-state index >= 15 is 0 Å². The summed E-state index contributed by atoms with van der Waals surface area (Å²) in [6, 6.07) is 8.94. The molecule has 0 unspecified atom stereocenters. The van der Waals surface area contributed by atoms with Gasteiger partial charge in [-0.1, -0.05) is 11.6 Å². The van der Waals surface area contributed by atoms with Crippen LogP contribution in [0.3, 0.4) is 0 Å². The average molecular weight is 659 g/mol. The Labute approximate surface area is 268 Å². The van der Waals surface area contributed by atoms with Crippen LogP contribution in [0.25, 0.3) is 6.08 Å². The first kappa shape index (κ1) is 31.6. The number of fused-ring (bicyclic) bond motifs is 1. The highest BCUT2D eigenvalue weighted by molar-refractivity contribution is 7.93. The molecule has 1 aromatic heterocycles. The van der Waals surface area contributed by atoms with Crippen LogP contribution < -0.4 is 15.0 Å². The van der Waals surface area contributed by atoms with Crippen LogP contribution in [0.5, 0.6) is 5.75 Å². The van der Waals surface area contributed by atoms with Crippen molar-refractivity contribution in [3.05, 3.63) is 58.2 Å². The van der Waals surface area contributed by atoms with E-state index in [0.717, 1.165) is 18.8 Å². The number of sulfonamides is 1. The fourth-order valence-corrected chi connectivity index (χ4v) is 8.03. The van der Waals surface area contributed by atoms with E-state index in [9.17, 15) is 18.0 Å². The highest BCUT2D eigenvalue weighted by Crippen LogP contribution is 2.33. The molecule has 0 spiro atoms. The SMILES string of the molecule is O=C(NC1(CN2CCN(S(=O)(=O)C3=Cc4ccc(Cl)cc4OC3)CC2=O)CCN(c2ccncc2)CC1)OCCN1CCCC1. The predicted molar refractivity (Wildman–Crippen MR) is 171 cm³/mol. The first-order valence-electron chi connectivity index (χ1n) is 15.4. The minimum atomic E-state index is -3.93. The van der Waals surface area contributed by atoms with Crippen molar-refractivity contribution in [3.63, 3.8) is 0 Å². The lowest BCUT2D eigenvalue weighted by atomic mass is 9.86. The second-order valence-corrected chi connectivity index (χ2v) is 14.4. The summed E-state index contributed by atoms with van der Waals surface area (Å²) in [5, 5.41) is 3.63. The number of nitrogens with one attached hydrogen (secondary N) is 1. The van der Waals surface area contributed by atoms with Crippen LogP contribution in [0.1, 0.15) is 31.2 Å². The minimum Gasteiger partial charge on any atom is -0.487 e. The second kappa shape index (κ2) is 13.5. The zero-order valence-corrected chi connectivity index (χ0v) is 26.8. The molecule has 6 rings (SSSR count). The van der Waals surface area contributed by atoms with E-state index in [4.69, 9.17) is 21.1 Å². The number of piperidine rings is 1. The number of amides is 2. The van der Waals surface area contributed by atoms with E-state index < -0.39 is 21.7 Å². The summed E-state index contributed by atoms with van der Waals surface area (Å²) in [5.74, 6) is 0.208. The van der Waals surface area contributed by atoms with E-state index in [1.165, 1.54) is 17.1 Å². The molecular formula is C31H39ClN6O6S. The topological polar surface area (TPSA) is 125 Å². The molecule has 4 aliphatic rings. The van der Waals surface area contributed by atoms with Gasteiger partial charge in [0.15, 0.2) is 0 Å². The third kappa shape index (κ3) is 7.37. The molecule has 0 radical (unpaired) electrons. The molecular weight excluding hydrogens is 620 g/mol. The van der Waals surface area contributed by atoms with Gasteiger partial charge in [-0.15, -0.1) is 0 Å². The van der Waals surface area contributed by atoms with E-state index in [-0.39, 0.29) is 43.6 Å². The summed E-state index contributed by atoms with van der Waals surface area (Å²) in [5.41, 5.74) is 0.955. The van der Waals surface area contributed by atoms with E-state index in [1.54, 1.807) is 41.6 Å². The Bertz CT molecular complexity index is 1530. The molecule has 2 amide bonds. The third-order valence-electron chi connectivity index (χ3n) is 9.07. The Morgan fingerprint density at radius 3 is 2.53 bits per heavy atom. The maximum atomic E-state index is 13.5. The van der Waals surface area contributed by atoms with E-state index in [2.05, 4.69) is 20.1 Å². The van der Waals surface area contributed by atoms with Crippen molar-refractivity contribution in [3.8, 4) is 5.75 Å². The summed E-state index contributed by atoms with van der Waals surface area (Å²) in [6.07, 6.45) is 8.11. The summed E-state index contributed by atoms with van der Waals surface area (Å²) in [6.45, 7) is 4.58. The number of nitrogens with zero attached hydrogens (tertiary/aromatic N) is 5. The van der Waals surface area contributed by atoms with Crippen LogP contribution in [0.2, 0.25) is 5.02 Å². The Morgan fingerprint density at radius 1 is 1.04 bits per heavy atom. The van der Waals surface area contributed by atoms with Crippen molar-refractivity contribution in [2.75, 3.05) is 77.0 Å². The van der Waals surface area contributed by atoms with Crippen molar-refractivity contribution in [1.29, 1.82) is 0 Å². The molecule has 242 valence electrons. The second-order valence-electron chi connectivity index (χ2n) is 12.0. The highest BCUT2D eigenvalue weighted by atomic mass is 35.5. The molecule has 0 bridgehead atoms. The molecule has 0 saturated carbocycles. The fraction of sp³-hybridized carbons (Fsp3) is 0.516. The van der Waals surface area contributed by atoms with Gasteiger partial charge in [0.2, 0.25) is 15.9 Å². The predicted octanol–water partition coefficient (Wildman–Crippen LogP) is 2.80. The first-order chi connectivity index (χ1) is 21.7. The molecule has 0 atom stereocenters. The molecule has 3 saturated heterocycles. The monoisotopic (exact) mass is 658 g/mol. The van der Waals surface area contributed by atoms with Crippen molar-refractivity contribution in [1.82, 2.24) is 24.4 Å². The molecule has 4 aliphatic heterocycles. The number of hydrogen-bond acceptors (Lipinski definition) is 9. The maximum Gasteiger partial charge on any atom is 0.407 e. The number of likely N-dealkylation sites (tertiary alicyclic amines) is 1. The lowest BCUT2D eigenvalue weighted by Crippen LogP contribution is -2.64. The van der Waals surface area contributed by atoms with Crippen LogP contribution in [0, 0.1) is 0 Å². The first-order valence-corrected chi connectivity index (χ1v) is 17.3. The van der Waals surface area contributed by atoms with Crippen LogP contribution in [-0.2, 0) is 19.6 Å². The fourth-order valence-electron chi connectivity index (χ4n) is 6.45. The van der Waals surface area contributed by atoms with Gasteiger partial charge < -0.3 is 24.6 Å². The summed E-state index contributed by atoms with van der Waals surface area (Å²) < 4.78 is 39.5. The van der Waals surface area contributed by atoms with E-state index in [1.807, 2.05) is 12.1 Å². The Morgan fingerprint density at radius 2 is 1.80 bits per heavy atom. The molecule has 45 heavy (non-hydrogen) atoms. The van der Waals surface area contributed by atoms with Gasteiger partial charge in [-0.05, 0) is 75.2 Å². The normalized spacial score (nSPS) is 20.7. The van der Waals surface area contributed by atoms with Crippen molar-refractivity contribution in [2.45, 2.75) is 31.2 Å². The molecule has 1 aromatic carbocycles. The summed E-state index contributed by atoms with van der Waals surface area (Å²) >= 11 is 6.04. The van der Waals surface area contributed by atoms with Gasteiger partial charge >= 0.3 is 6.09 Å². The van der Waals surface area contributed by atoms with Gasteiger partial charge in [0.1, 0.15) is 19.0 Å². The third-order valence-corrected chi connectivity index (χ3v) is 11.2. The number of ether oxygens (including phenoxy) is 2. The number of carbonyl (C=O) groups excluding carboxylic acids is 2. The number of piperazine rings is 1. The van der Waals surface area contributed by atoms with Crippen molar-refractivity contribution >= 4 is 45.4 Å². The maximum absolute atomic E-state index is 13.5. The van der Waals surface area contributed by atoms with E-state index in [0.29, 0.717) is 55.4 Å².